The van der Waals surface area contributed by atoms with Crippen LogP contribution in [-0.4, -0.2) is 54.2 Å². The van der Waals surface area contributed by atoms with E-state index in [1.54, 1.807) is 14.0 Å². The van der Waals surface area contributed by atoms with Gasteiger partial charge in [-0.15, -0.1) is 0 Å². The Kier molecular flexibility index (Phi) is 9.31. The molecule has 2 fully saturated rings. The lowest BCUT2D eigenvalue weighted by atomic mass is 9.85. The van der Waals surface area contributed by atoms with Crippen LogP contribution < -0.4 is 5.73 Å². The number of rotatable bonds is 11. The van der Waals surface area contributed by atoms with Gasteiger partial charge in [-0.1, -0.05) is 39.0 Å². The predicted molar refractivity (Wildman–Crippen MR) is 122 cm³/mol. The van der Waals surface area contributed by atoms with E-state index in [4.69, 9.17) is 19.9 Å². The number of nitrogens with two attached hydrogens (primary N) is 1. The van der Waals surface area contributed by atoms with Gasteiger partial charge in [0.25, 0.3) is 0 Å². The van der Waals surface area contributed by atoms with Crippen molar-refractivity contribution in [3.63, 3.8) is 0 Å². The number of aliphatic hydroxyl groups excluding tert-OH is 1. The van der Waals surface area contributed by atoms with Gasteiger partial charge in [0, 0.05) is 13.0 Å². The minimum atomic E-state index is -0.522. The quantitative estimate of drug-likeness (QED) is 0.379. The fourth-order valence-electron chi connectivity index (χ4n) is 5.25. The third kappa shape index (κ3) is 7.14. The van der Waals surface area contributed by atoms with E-state index in [0.29, 0.717) is 18.3 Å². The van der Waals surface area contributed by atoms with Crippen molar-refractivity contribution < 1.29 is 24.1 Å². The summed E-state index contributed by atoms with van der Waals surface area (Å²) in [7, 11) is 1.64. The molecule has 178 valence electrons. The lowest BCUT2D eigenvalue weighted by Crippen LogP contribution is -2.36. The molecule has 0 aromatic rings. The molecule has 9 atom stereocenters. The highest BCUT2D eigenvalue weighted by Crippen LogP contribution is 2.47. The first-order valence-corrected chi connectivity index (χ1v) is 11.7. The van der Waals surface area contributed by atoms with Gasteiger partial charge < -0.3 is 25.1 Å². The van der Waals surface area contributed by atoms with Gasteiger partial charge in [-0.05, 0) is 57.4 Å². The molecule has 0 aromatic carbocycles. The van der Waals surface area contributed by atoms with Crippen LogP contribution in [0.1, 0.15) is 67.2 Å². The fraction of sp³-hybridized carbons (Fsp3) is 0.800. The number of methoxy groups -OCH3 is 1. The highest BCUT2D eigenvalue weighted by molar-refractivity contribution is 5.74. The van der Waals surface area contributed by atoms with Crippen LogP contribution in [0.5, 0.6) is 0 Å². The highest BCUT2D eigenvalue weighted by atomic mass is 16.6. The van der Waals surface area contributed by atoms with Crippen molar-refractivity contribution in [2.75, 3.05) is 7.11 Å². The number of allylic oxidation sites excluding steroid dienone is 3. The Morgan fingerprint density at radius 2 is 2.00 bits per heavy atom. The van der Waals surface area contributed by atoms with Crippen LogP contribution in [0.25, 0.3) is 0 Å². The summed E-state index contributed by atoms with van der Waals surface area (Å²) < 4.78 is 17.7. The van der Waals surface area contributed by atoms with Crippen molar-refractivity contribution >= 4 is 5.91 Å². The Balaban J connectivity index is 1.89. The molecule has 2 saturated heterocycles. The topological polar surface area (TPSA) is 94.3 Å². The SMILES string of the molecule is CO[C@H]([C@@H](C)[C@H]1O[C@]1(C)CC(C)/C=C/C=C(\C)[C@H]1O[C@@H](CC(N)=O)CC[C@@H]1C)[C@@H](C)O. The molecule has 0 bridgehead atoms. The van der Waals surface area contributed by atoms with Gasteiger partial charge in [0.2, 0.25) is 5.91 Å². The average Bonchev–Trinajstić information content (AvgIpc) is 3.33. The van der Waals surface area contributed by atoms with E-state index < -0.39 is 6.10 Å². The summed E-state index contributed by atoms with van der Waals surface area (Å²) in [5.74, 6) is 0.606. The summed E-state index contributed by atoms with van der Waals surface area (Å²) in [6, 6.07) is 0. The van der Waals surface area contributed by atoms with E-state index in [1.807, 2.05) is 0 Å². The zero-order valence-electron chi connectivity index (χ0n) is 20.3. The maximum Gasteiger partial charge on any atom is 0.220 e. The minimum absolute atomic E-state index is 0.0269. The third-order valence-electron chi connectivity index (χ3n) is 6.89. The van der Waals surface area contributed by atoms with E-state index in [2.05, 4.69) is 52.8 Å². The molecular weight excluding hydrogens is 394 g/mol. The smallest absolute Gasteiger partial charge is 0.220 e. The predicted octanol–water partition coefficient (Wildman–Crippen LogP) is 3.76. The van der Waals surface area contributed by atoms with Crippen molar-refractivity contribution in [2.45, 2.75) is 103 Å². The highest BCUT2D eigenvalue weighted by Gasteiger charge is 2.56. The van der Waals surface area contributed by atoms with Crippen molar-refractivity contribution in [2.24, 2.45) is 23.5 Å². The Labute approximate surface area is 188 Å². The monoisotopic (exact) mass is 437 g/mol. The number of primary amides is 1. The van der Waals surface area contributed by atoms with Crippen molar-refractivity contribution in [1.29, 1.82) is 0 Å². The van der Waals surface area contributed by atoms with Crippen LogP contribution in [0.4, 0.5) is 0 Å². The van der Waals surface area contributed by atoms with Crippen molar-refractivity contribution in [3.8, 4) is 0 Å². The minimum Gasteiger partial charge on any atom is -0.391 e. The van der Waals surface area contributed by atoms with Gasteiger partial charge >= 0.3 is 0 Å². The molecule has 1 amide bonds. The van der Waals surface area contributed by atoms with E-state index in [9.17, 15) is 9.90 Å². The summed E-state index contributed by atoms with van der Waals surface area (Å²) in [4.78, 5) is 11.2. The first-order valence-electron chi connectivity index (χ1n) is 11.7. The van der Waals surface area contributed by atoms with E-state index in [-0.39, 0.29) is 41.8 Å². The van der Waals surface area contributed by atoms with Crippen LogP contribution in [0.15, 0.2) is 23.8 Å². The van der Waals surface area contributed by atoms with E-state index >= 15 is 0 Å². The van der Waals surface area contributed by atoms with Crippen molar-refractivity contribution in [1.82, 2.24) is 0 Å². The summed E-state index contributed by atoms with van der Waals surface area (Å²) >= 11 is 0. The van der Waals surface area contributed by atoms with Gasteiger partial charge in [-0.25, -0.2) is 0 Å². The molecule has 3 N–H and O–H groups in total. The Bertz CT molecular complexity index is 660. The first kappa shape index (κ1) is 26.0. The lowest BCUT2D eigenvalue weighted by Gasteiger charge is -2.35. The molecule has 0 aliphatic carbocycles. The van der Waals surface area contributed by atoms with E-state index in [1.165, 1.54) is 5.57 Å². The van der Waals surface area contributed by atoms with Crippen LogP contribution >= 0.6 is 0 Å². The largest absolute Gasteiger partial charge is 0.391 e. The van der Waals surface area contributed by atoms with Crippen LogP contribution in [0.3, 0.4) is 0 Å². The van der Waals surface area contributed by atoms with Gasteiger partial charge in [-0.2, -0.15) is 0 Å². The number of aliphatic hydroxyl groups is 1. The molecule has 6 heteroatoms. The average molecular weight is 438 g/mol. The normalized spacial score (nSPS) is 35.5. The maximum absolute atomic E-state index is 11.2. The third-order valence-corrected chi connectivity index (χ3v) is 6.89. The summed E-state index contributed by atoms with van der Waals surface area (Å²) in [5.41, 5.74) is 6.33. The Morgan fingerprint density at radius 1 is 1.32 bits per heavy atom. The number of amides is 1. The van der Waals surface area contributed by atoms with Crippen LogP contribution in [0.2, 0.25) is 0 Å². The van der Waals surface area contributed by atoms with Gasteiger partial charge in [0.15, 0.2) is 0 Å². The molecular formula is C25H43NO5. The van der Waals surface area contributed by atoms with Gasteiger partial charge in [0.1, 0.15) is 0 Å². The Hall–Kier alpha value is -1.21. The standard InChI is InChI=1S/C25H43NO5/c1-15(14-25(6)24(31-25)18(4)23(29-7)19(5)27)9-8-10-16(2)22-17(3)11-12-20(30-22)13-21(26)28/h8-10,15,17-20,22-24,27H,11-14H2,1-7H3,(H2,26,28)/b9-8+,16-10+/t15?,17-,18+,19+,20+,22+,23+,24+,25+/m0/s1. The molecule has 0 spiro atoms. The molecule has 31 heavy (non-hydrogen) atoms. The summed E-state index contributed by atoms with van der Waals surface area (Å²) in [5, 5.41) is 9.93. The number of hydrogen-bond acceptors (Lipinski definition) is 5. The number of hydrogen-bond donors (Lipinski definition) is 2. The van der Waals surface area contributed by atoms with Crippen molar-refractivity contribution in [3.05, 3.63) is 23.8 Å². The molecule has 0 saturated carbocycles. The molecule has 2 aliphatic rings. The summed E-state index contributed by atoms with van der Waals surface area (Å²) in [6.45, 7) is 12.5. The second-order valence-corrected chi connectivity index (χ2v) is 10.0. The second kappa shape index (κ2) is 11.1. The van der Waals surface area contributed by atoms with E-state index in [0.717, 1.165) is 19.3 Å². The molecule has 2 rings (SSSR count). The molecule has 0 radical (unpaired) electrons. The van der Waals surface area contributed by atoms with Crippen LogP contribution in [-0.2, 0) is 19.0 Å². The Morgan fingerprint density at radius 3 is 2.58 bits per heavy atom. The number of ether oxygens (including phenoxy) is 3. The van der Waals surface area contributed by atoms with Gasteiger partial charge in [0.05, 0.1) is 42.5 Å². The molecule has 6 nitrogen and oxygen atoms in total. The zero-order chi connectivity index (χ0) is 23.3. The van der Waals surface area contributed by atoms with Crippen LogP contribution in [0, 0.1) is 17.8 Å². The number of epoxide rings is 1. The first-order chi connectivity index (χ1) is 14.5. The lowest BCUT2D eigenvalue weighted by molar-refractivity contribution is -0.125. The zero-order valence-corrected chi connectivity index (χ0v) is 20.3. The molecule has 0 aromatic heterocycles. The fourth-order valence-corrected chi connectivity index (χ4v) is 5.25. The number of carbonyl (C=O) groups is 1. The van der Waals surface area contributed by atoms with Gasteiger partial charge in [-0.3, -0.25) is 4.79 Å². The molecule has 2 aliphatic heterocycles. The number of carbonyl (C=O) groups excluding carboxylic acids is 1. The summed E-state index contributed by atoms with van der Waals surface area (Å²) in [6.07, 6.45) is 8.86. The maximum atomic E-state index is 11.2. The second-order valence-electron chi connectivity index (χ2n) is 10.0. The molecule has 2 heterocycles. The molecule has 1 unspecified atom stereocenters.